The normalized spacial score (nSPS) is 11.5. The molecule has 52 heavy (non-hydrogen) atoms. The van der Waals surface area contributed by atoms with Gasteiger partial charge in [-0.2, -0.15) is 0 Å². The maximum atomic E-state index is 6.46. The third kappa shape index (κ3) is 5.04. The van der Waals surface area contributed by atoms with Gasteiger partial charge < -0.3 is 9.32 Å². The van der Waals surface area contributed by atoms with Crippen molar-refractivity contribution in [2.45, 2.75) is 0 Å². The topological polar surface area (TPSA) is 16.4 Å². The summed E-state index contributed by atoms with van der Waals surface area (Å²) in [5.74, 6) is 0. The molecule has 0 radical (unpaired) electrons. The van der Waals surface area contributed by atoms with Crippen LogP contribution < -0.4 is 4.90 Å². The highest BCUT2D eigenvalue weighted by atomic mass is 16.3. The van der Waals surface area contributed by atoms with Gasteiger partial charge in [0.1, 0.15) is 11.2 Å². The molecule has 0 spiro atoms. The number of benzene rings is 9. The van der Waals surface area contributed by atoms with Crippen molar-refractivity contribution in [1.29, 1.82) is 0 Å². The van der Waals surface area contributed by atoms with Crippen molar-refractivity contribution in [3.63, 3.8) is 0 Å². The fraction of sp³-hybridized carbons (Fsp3) is 0. The maximum absolute atomic E-state index is 6.46. The van der Waals surface area contributed by atoms with E-state index in [1.54, 1.807) is 0 Å². The lowest BCUT2D eigenvalue weighted by atomic mass is 9.94. The summed E-state index contributed by atoms with van der Waals surface area (Å²) >= 11 is 0. The first-order chi connectivity index (χ1) is 25.8. The van der Waals surface area contributed by atoms with Gasteiger partial charge in [0.25, 0.3) is 0 Å². The first-order valence-electron chi connectivity index (χ1n) is 17.8. The molecule has 0 aliphatic carbocycles. The van der Waals surface area contributed by atoms with Crippen molar-refractivity contribution in [3.05, 3.63) is 200 Å². The second kappa shape index (κ2) is 12.5. The van der Waals surface area contributed by atoms with Crippen molar-refractivity contribution < 1.29 is 4.42 Å². The lowest BCUT2D eigenvalue weighted by molar-refractivity contribution is 0.669. The maximum Gasteiger partial charge on any atom is 0.137 e. The van der Waals surface area contributed by atoms with Crippen molar-refractivity contribution >= 4 is 60.5 Å². The first kappa shape index (κ1) is 30.0. The van der Waals surface area contributed by atoms with E-state index in [-0.39, 0.29) is 0 Å². The average Bonchev–Trinajstić information content (AvgIpc) is 3.61. The first-order valence-corrected chi connectivity index (χ1v) is 17.8. The van der Waals surface area contributed by atoms with E-state index in [0.29, 0.717) is 0 Å². The zero-order valence-corrected chi connectivity index (χ0v) is 28.4. The zero-order valence-electron chi connectivity index (χ0n) is 28.4. The minimum absolute atomic E-state index is 0.864. The monoisotopic (exact) mass is 663 g/mol. The molecule has 0 saturated heterocycles. The average molecular weight is 664 g/mol. The summed E-state index contributed by atoms with van der Waals surface area (Å²) in [6.07, 6.45) is 0. The number of rotatable bonds is 6. The molecule has 10 rings (SSSR count). The Bertz CT molecular complexity index is 2910. The molecule has 0 bridgehead atoms. The zero-order chi connectivity index (χ0) is 34.4. The molecule has 10 aromatic rings. The van der Waals surface area contributed by atoms with Gasteiger partial charge in [-0.15, -0.1) is 0 Å². The summed E-state index contributed by atoms with van der Waals surface area (Å²) in [6, 6.07) is 71.8. The van der Waals surface area contributed by atoms with E-state index in [9.17, 15) is 0 Å². The van der Waals surface area contributed by atoms with Gasteiger partial charge in [-0.1, -0.05) is 164 Å². The standard InChI is InChI=1S/C50H33NO/c1-2-15-38-33-39(32-29-34(38)13-1)35-27-30-37(31-28-35)41-18-5-8-22-45(41)51(47-24-12-26-49-50(47)44-20-7-10-25-48(44)52-49)46-23-9-6-19-43(46)42-21-11-16-36-14-3-4-17-40(36)42/h1-33H. The van der Waals surface area contributed by atoms with Crippen LogP contribution >= 0.6 is 0 Å². The van der Waals surface area contributed by atoms with Crippen molar-refractivity contribution in [2.24, 2.45) is 0 Å². The second-order valence-corrected chi connectivity index (χ2v) is 13.3. The molecular weight excluding hydrogens is 631 g/mol. The minimum Gasteiger partial charge on any atom is -0.456 e. The fourth-order valence-corrected chi connectivity index (χ4v) is 7.81. The Balaban J connectivity index is 1.20. The van der Waals surface area contributed by atoms with Crippen LogP contribution in [0.4, 0.5) is 17.1 Å². The van der Waals surface area contributed by atoms with Gasteiger partial charge in [-0.3, -0.25) is 0 Å². The third-order valence-corrected chi connectivity index (χ3v) is 10.3. The molecule has 9 aromatic carbocycles. The molecule has 0 unspecified atom stereocenters. The van der Waals surface area contributed by atoms with Crippen molar-refractivity contribution in [2.75, 3.05) is 4.90 Å². The lowest BCUT2D eigenvalue weighted by Crippen LogP contribution is -2.13. The molecule has 0 amide bonds. The molecule has 0 saturated carbocycles. The van der Waals surface area contributed by atoms with E-state index in [1.807, 2.05) is 6.07 Å². The van der Waals surface area contributed by atoms with Gasteiger partial charge in [-0.25, -0.2) is 0 Å². The Morgan fingerprint density at radius 1 is 0.308 bits per heavy atom. The highest BCUT2D eigenvalue weighted by molar-refractivity contribution is 6.15. The van der Waals surface area contributed by atoms with Gasteiger partial charge in [-0.05, 0) is 80.2 Å². The van der Waals surface area contributed by atoms with Gasteiger partial charge in [0.15, 0.2) is 0 Å². The van der Waals surface area contributed by atoms with Gasteiger partial charge in [0.05, 0.1) is 22.4 Å². The Morgan fingerprint density at radius 2 is 0.846 bits per heavy atom. The number of anilines is 3. The molecule has 0 aliphatic rings. The van der Waals surface area contributed by atoms with Crippen LogP contribution in [0.2, 0.25) is 0 Å². The number of para-hydroxylation sites is 3. The van der Waals surface area contributed by atoms with E-state index in [2.05, 4.69) is 199 Å². The van der Waals surface area contributed by atoms with E-state index < -0.39 is 0 Å². The number of hydrogen-bond donors (Lipinski definition) is 0. The Kier molecular flexibility index (Phi) is 7.18. The Morgan fingerprint density at radius 3 is 1.69 bits per heavy atom. The van der Waals surface area contributed by atoms with E-state index in [1.165, 1.54) is 38.2 Å². The molecule has 0 N–H and O–H groups in total. The highest BCUT2D eigenvalue weighted by Crippen LogP contribution is 2.49. The van der Waals surface area contributed by atoms with Crippen LogP contribution in [0.25, 0.3) is 76.9 Å². The van der Waals surface area contributed by atoms with Gasteiger partial charge >= 0.3 is 0 Å². The van der Waals surface area contributed by atoms with Crippen LogP contribution in [0.5, 0.6) is 0 Å². The molecule has 2 heteroatoms. The Labute approximate surface area is 302 Å². The Hall–Kier alpha value is -6.90. The molecular formula is C50H33NO. The van der Waals surface area contributed by atoms with Gasteiger partial charge in [0, 0.05) is 16.5 Å². The summed E-state index contributed by atoms with van der Waals surface area (Å²) in [7, 11) is 0. The van der Waals surface area contributed by atoms with Crippen LogP contribution in [-0.2, 0) is 0 Å². The molecule has 244 valence electrons. The predicted molar refractivity (Wildman–Crippen MR) is 220 cm³/mol. The minimum atomic E-state index is 0.864. The number of furan rings is 1. The smallest absolute Gasteiger partial charge is 0.137 e. The summed E-state index contributed by atoms with van der Waals surface area (Å²) in [5.41, 5.74) is 12.0. The quantitative estimate of drug-likeness (QED) is 0.176. The number of nitrogens with zero attached hydrogens (tertiary/aromatic N) is 1. The third-order valence-electron chi connectivity index (χ3n) is 10.3. The molecule has 0 atom stereocenters. The van der Waals surface area contributed by atoms with E-state index in [4.69, 9.17) is 4.42 Å². The van der Waals surface area contributed by atoms with Crippen LogP contribution in [0.1, 0.15) is 0 Å². The molecule has 2 nitrogen and oxygen atoms in total. The fourth-order valence-electron chi connectivity index (χ4n) is 7.81. The van der Waals surface area contributed by atoms with Crippen molar-refractivity contribution in [1.82, 2.24) is 0 Å². The summed E-state index contributed by atoms with van der Waals surface area (Å²) in [6.45, 7) is 0. The molecule has 1 heterocycles. The molecule has 0 fully saturated rings. The van der Waals surface area contributed by atoms with Crippen LogP contribution in [0.15, 0.2) is 205 Å². The van der Waals surface area contributed by atoms with Gasteiger partial charge in [0.2, 0.25) is 0 Å². The van der Waals surface area contributed by atoms with Crippen LogP contribution in [0, 0.1) is 0 Å². The molecule has 1 aromatic heterocycles. The SMILES string of the molecule is c1ccc(N(c2ccccc2-c2cccc3ccccc23)c2cccc3oc4ccccc4c23)c(-c2ccc(-c3ccc4ccccc4c3)cc2)c1. The summed E-state index contributed by atoms with van der Waals surface area (Å²) in [4.78, 5) is 2.44. The number of fused-ring (bicyclic) bond motifs is 5. The summed E-state index contributed by atoms with van der Waals surface area (Å²) < 4.78 is 6.46. The lowest BCUT2D eigenvalue weighted by Gasteiger charge is -2.30. The predicted octanol–water partition coefficient (Wildman–Crippen LogP) is 14.4. The van der Waals surface area contributed by atoms with Crippen molar-refractivity contribution in [3.8, 4) is 33.4 Å². The number of hydrogen-bond acceptors (Lipinski definition) is 2. The largest absolute Gasteiger partial charge is 0.456 e. The van der Waals surface area contributed by atoms with E-state index in [0.717, 1.165) is 55.7 Å². The van der Waals surface area contributed by atoms with Crippen LogP contribution in [-0.4, -0.2) is 0 Å². The van der Waals surface area contributed by atoms with Crippen LogP contribution in [0.3, 0.4) is 0 Å². The van der Waals surface area contributed by atoms with E-state index >= 15 is 0 Å². The summed E-state index contributed by atoms with van der Waals surface area (Å²) in [5, 5.41) is 7.13. The molecule has 0 aliphatic heterocycles. The highest BCUT2D eigenvalue weighted by Gasteiger charge is 2.24. The second-order valence-electron chi connectivity index (χ2n) is 13.3.